The van der Waals surface area contributed by atoms with Gasteiger partial charge in [-0.2, -0.15) is 0 Å². The summed E-state index contributed by atoms with van der Waals surface area (Å²) in [5, 5.41) is 3.53. The molecule has 1 atom stereocenters. The van der Waals surface area contributed by atoms with E-state index in [1.165, 1.54) is 24.8 Å². The molecule has 1 saturated heterocycles. The summed E-state index contributed by atoms with van der Waals surface area (Å²) in [4.78, 5) is 0. The maximum atomic E-state index is 5.44. The number of ether oxygens (including phenoxy) is 3. The number of benzene rings is 1. The normalized spacial score (nSPS) is 22.5. The monoisotopic (exact) mass is 235 g/mol. The number of fused-ring (bicyclic) bond motifs is 1. The summed E-state index contributed by atoms with van der Waals surface area (Å²) < 4.78 is 16.2. The second-order valence-electron chi connectivity index (χ2n) is 4.46. The number of nitrogens with one attached hydrogen (secondary N) is 1. The Bertz CT molecular complexity index is 413. The van der Waals surface area contributed by atoms with Gasteiger partial charge in [0.25, 0.3) is 0 Å². The van der Waals surface area contributed by atoms with Crippen LogP contribution in [0.3, 0.4) is 0 Å². The van der Waals surface area contributed by atoms with Crippen molar-refractivity contribution in [2.75, 3.05) is 20.4 Å². The van der Waals surface area contributed by atoms with E-state index in [1.54, 1.807) is 7.11 Å². The van der Waals surface area contributed by atoms with Crippen LogP contribution in [-0.2, 0) is 0 Å². The molecule has 4 heteroatoms. The van der Waals surface area contributed by atoms with Gasteiger partial charge in [-0.15, -0.1) is 0 Å². The molecule has 2 aliphatic rings. The van der Waals surface area contributed by atoms with Gasteiger partial charge in [0.2, 0.25) is 12.5 Å². The van der Waals surface area contributed by atoms with Crippen molar-refractivity contribution < 1.29 is 14.2 Å². The van der Waals surface area contributed by atoms with Gasteiger partial charge < -0.3 is 19.5 Å². The fourth-order valence-electron chi connectivity index (χ4n) is 2.49. The molecule has 17 heavy (non-hydrogen) atoms. The Morgan fingerprint density at radius 2 is 2.24 bits per heavy atom. The highest BCUT2D eigenvalue weighted by Gasteiger charge is 2.23. The maximum absolute atomic E-state index is 5.44. The van der Waals surface area contributed by atoms with Gasteiger partial charge in [0, 0.05) is 6.04 Å². The summed E-state index contributed by atoms with van der Waals surface area (Å²) in [5.41, 5.74) is 1.23. The van der Waals surface area contributed by atoms with Crippen molar-refractivity contribution in [2.45, 2.75) is 25.3 Å². The van der Waals surface area contributed by atoms with Crippen molar-refractivity contribution in [3.63, 3.8) is 0 Å². The van der Waals surface area contributed by atoms with Crippen molar-refractivity contribution in [3.8, 4) is 17.2 Å². The summed E-state index contributed by atoms with van der Waals surface area (Å²) in [6, 6.07) is 4.52. The predicted octanol–water partition coefficient (Wildman–Crippen LogP) is 2.24. The van der Waals surface area contributed by atoms with Gasteiger partial charge in [0.15, 0.2) is 11.5 Å². The minimum atomic E-state index is 0.285. The largest absolute Gasteiger partial charge is 0.493 e. The number of methoxy groups -OCH3 is 1. The lowest BCUT2D eigenvalue weighted by Crippen LogP contribution is -2.26. The molecular weight excluding hydrogens is 218 g/mol. The lowest BCUT2D eigenvalue weighted by Gasteiger charge is -2.24. The van der Waals surface area contributed by atoms with Crippen molar-refractivity contribution in [1.82, 2.24) is 5.32 Å². The SMILES string of the molecule is COc1cc([C@H]2CCCCN2)cc2c1OCO2. The van der Waals surface area contributed by atoms with Gasteiger partial charge in [-0.3, -0.25) is 0 Å². The van der Waals surface area contributed by atoms with Crippen LogP contribution in [-0.4, -0.2) is 20.4 Å². The van der Waals surface area contributed by atoms with E-state index in [9.17, 15) is 0 Å². The maximum Gasteiger partial charge on any atom is 0.231 e. The van der Waals surface area contributed by atoms with Crippen LogP contribution in [0.5, 0.6) is 17.2 Å². The lowest BCUT2D eigenvalue weighted by atomic mass is 9.97. The highest BCUT2D eigenvalue weighted by molar-refractivity contribution is 5.55. The Balaban J connectivity index is 1.94. The zero-order chi connectivity index (χ0) is 11.7. The van der Waals surface area contributed by atoms with Crippen molar-refractivity contribution in [1.29, 1.82) is 0 Å². The lowest BCUT2D eigenvalue weighted by molar-refractivity contribution is 0.171. The quantitative estimate of drug-likeness (QED) is 0.853. The molecule has 1 N–H and O–H groups in total. The first-order chi connectivity index (χ1) is 8.38. The Labute approximate surface area is 101 Å². The molecule has 4 nitrogen and oxygen atoms in total. The second-order valence-corrected chi connectivity index (χ2v) is 4.46. The van der Waals surface area contributed by atoms with E-state index in [-0.39, 0.29) is 6.79 Å². The topological polar surface area (TPSA) is 39.7 Å². The summed E-state index contributed by atoms with van der Waals surface area (Å²) in [7, 11) is 1.66. The fourth-order valence-corrected chi connectivity index (χ4v) is 2.49. The van der Waals surface area contributed by atoms with E-state index in [0.29, 0.717) is 6.04 Å². The third-order valence-corrected chi connectivity index (χ3v) is 3.39. The molecule has 3 rings (SSSR count). The molecular formula is C13H17NO3. The van der Waals surface area contributed by atoms with Crippen LogP contribution >= 0.6 is 0 Å². The van der Waals surface area contributed by atoms with Crippen LogP contribution in [0.25, 0.3) is 0 Å². The zero-order valence-electron chi connectivity index (χ0n) is 9.99. The summed E-state index contributed by atoms with van der Waals surface area (Å²) in [6.07, 6.45) is 3.70. The van der Waals surface area contributed by atoms with Crippen LogP contribution in [0.2, 0.25) is 0 Å². The molecule has 1 aromatic carbocycles. The molecule has 2 aliphatic heterocycles. The number of rotatable bonds is 2. The molecule has 0 amide bonds. The van der Waals surface area contributed by atoms with Crippen LogP contribution < -0.4 is 19.5 Å². The van der Waals surface area contributed by atoms with E-state index in [0.717, 1.165) is 23.8 Å². The highest BCUT2D eigenvalue weighted by atomic mass is 16.7. The molecule has 1 aromatic rings. The van der Waals surface area contributed by atoms with E-state index in [1.807, 2.05) is 0 Å². The van der Waals surface area contributed by atoms with Crippen LogP contribution in [0, 0.1) is 0 Å². The van der Waals surface area contributed by atoms with Crippen molar-refractivity contribution >= 4 is 0 Å². The minimum Gasteiger partial charge on any atom is -0.493 e. The average molecular weight is 235 g/mol. The third kappa shape index (κ3) is 1.93. The molecule has 1 fully saturated rings. The molecule has 0 radical (unpaired) electrons. The second kappa shape index (κ2) is 4.45. The fraction of sp³-hybridized carbons (Fsp3) is 0.538. The molecule has 0 aliphatic carbocycles. The number of hydrogen-bond acceptors (Lipinski definition) is 4. The smallest absolute Gasteiger partial charge is 0.231 e. The van der Waals surface area contributed by atoms with E-state index in [4.69, 9.17) is 14.2 Å². The highest BCUT2D eigenvalue weighted by Crippen LogP contribution is 2.43. The predicted molar refractivity (Wildman–Crippen MR) is 63.7 cm³/mol. The average Bonchev–Trinajstić information content (AvgIpc) is 2.86. The summed E-state index contributed by atoms with van der Waals surface area (Å²) >= 11 is 0. The molecule has 0 bridgehead atoms. The van der Waals surface area contributed by atoms with E-state index >= 15 is 0 Å². The molecule has 0 saturated carbocycles. The van der Waals surface area contributed by atoms with Crippen LogP contribution in [0.4, 0.5) is 0 Å². The Morgan fingerprint density at radius 1 is 1.29 bits per heavy atom. The van der Waals surface area contributed by atoms with Gasteiger partial charge in [-0.1, -0.05) is 6.42 Å². The van der Waals surface area contributed by atoms with Crippen molar-refractivity contribution in [3.05, 3.63) is 17.7 Å². The molecule has 92 valence electrons. The zero-order valence-corrected chi connectivity index (χ0v) is 9.99. The van der Waals surface area contributed by atoms with Gasteiger partial charge in [-0.25, -0.2) is 0 Å². The van der Waals surface area contributed by atoms with Gasteiger partial charge in [0.1, 0.15) is 0 Å². The Hall–Kier alpha value is -1.42. The minimum absolute atomic E-state index is 0.285. The third-order valence-electron chi connectivity index (χ3n) is 3.39. The summed E-state index contributed by atoms with van der Waals surface area (Å²) in [5.74, 6) is 2.29. The van der Waals surface area contributed by atoms with Gasteiger partial charge in [-0.05, 0) is 37.1 Å². The molecule has 0 unspecified atom stereocenters. The van der Waals surface area contributed by atoms with Crippen LogP contribution in [0.15, 0.2) is 12.1 Å². The first-order valence-electron chi connectivity index (χ1n) is 6.09. The molecule has 0 spiro atoms. The van der Waals surface area contributed by atoms with E-state index < -0.39 is 0 Å². The van der Waals surface area contributed by atoms with Crippen LogP contribution in [0.1, 0.15) is 30.9 Å². The standard InChI is InChI=1S/C13H17NO3/c1-15-11-6-9(10-4-2-3-5-14-10)7-12-13(11)17-8-16-12/h6-7,10,14H,2-5,8H2,1H3/t10-/m1/s1. The Kier molecular flexibility index (Phi) is 2.81. The van der Waals surface area contributed by atoms with Gasteiger partial charge in [0.05, 0.1) is 7.11 Å². The number of piperidine rings is 1. The van der Waals surface area contributed by atoms with Gasteiger partial charge >= 0.3 is 0 Å². The van der Waals surface area contributed by atoms with Crippen molar-refractivity contribution in [2.24, 2.45) is 0 Å². The summed E-state index contributed by atoms with van der Waals surface area (Å²) in [6.45, 7) is 1.37. The first kappa shape index (κ1) is 10.7. The molecule has 0 aromatic heterocycles. The first-order valence-corrected chi connectivity index (χ1v) is 6.09. The Morgan fingerprint density at radius 3 is 3.00 bits per heavy atom. The number of hydrogen-bond donors (Lipinski definition) is 1. The van der Waals surface area contributed by atoms with E-state index in [2.05, 4.69) is 17.4 Å². The molecule has 2 heterocycles.